The van der Waals surface area contributed by atoms with Gasteiger partial charge in [-0.15, -0.1) is 0 Å². The number of hydroxylamine groups is 2. The fourth-order valence-corrected chi connectivity index (χ4v) is 4.41. The summed E-state index contributed by atoms with van der Waals surface area (Å²) in [5.74, 6) is 0. The van der Waals surface area contributed by atoms with E-state index >= 15 is 0 Å². The lowest BCUT2D eigenvalue weighted by molar-refractivity contribution is -0.457. The molecule has 4 heteroatoms. The highest BCUT2D eigenvalue weighted by atomic mass is 35.5. The SMILES string of the molecule is C[C@H](O)[C@]1(c2ccccc2)ON(C(C)(C)c2ccccc2)[C@H]1c1ccc(Cl)cc1. The molecule has 1 heterocycles. The largest absolute Gasteiger partial charge is 0.390 e. The van der Waals surface area contributed by atoms with E-state index in [1.54, 1.807) is 6.92 Å². The molecule has 150 valence electrons. The predicted molar refractivity (Wildman–Crippen MR) is 116 cm³/mol. The van der Waals surface area contributed by atoms with E-state index in [0.717, 1.165) is 16.7 Å². The Hall–Kier alpha value is -2.17. The molecule has 0 amide bonds. The summed E-state index contributed by atoms with van der Waals surface area (Å²) in [4.78, 5) is 6.54. The summed E-state index contributed by atoms with van der Waals surface area (Å²) in [6.45, 7) is 6.08. The average molecular weight is 408 g/mol. The number of aliphatic hydroxyl groups excluding tert-OH is 1. The summed E-state index contributed by atoms with van der Waals surface area (Å²) in [5, 5.41) is 13.6. The third kappa shape index (κ3) is 3.28. The van der Waals surface area contributed by atoms with Crippen LogP contribution in [-0.2, 0) is 16.0 Å². The topological polar surface area (TPSA) is 32.7 Å². The fourth-order valence-electron chi connectivity index (χ4n) is 4.28. The van der Waals surface area contributed by atoms with Crippen LogP contribution in [0.2, 0.25) is 5.02 Å². The minimum atomic E-state index is -0.874. The fraction of sp³-hybridized carbons (Fsp3) is 0.280. The first-order valence-electron chi connectivity index (χ1n) is 9.90. The summed E-state index contributed by atoms with van der Waals surface area (Å²) in [5.41, 5.74) is 1.87. The molecule has 3 aromatic carbocycles. The zero-order chi connectivity index (χ0) is 20.6. The van der Waals surface area contributed by atoms with Crippen LogP contribution in [0.4, 0.5) is 0 Å². The van der Waals surface area contributed by atoms with Crippen molar-refractivity contribution in [2.24, 2.45) is 0 Å². The van der Waals surface area contributed by atoms with E-state index < -0.39 is 17.2 Å². The van der Waals surface area contributed by atoms with E-state index in [1.807, 2.05) is 77.9 Å². The summed E-state index contributed by atoms with van der Waals surface area (Å²) >= 11 is 6.16. The van der Waals surface area contributed by atoms with Crippen molar-refractivity contribution in [1.29, 1.82) is 0 Å². The molecule has 1 saturated heterocycles. The third-order valence-electron chi connectivity index (χ3n) is 5.95. The van der Waals surface area contributed by atoms with Crippen LogP contribution in [0.5, 0.6) is 0 Å². The Balaban J connectivity index is 1.85. The highest BCUT2D eigenvalue weighted by molar-refractivity contribution is 6.30. The molecule has 3 atom stereocenters. The van der Waals surface area contributed by atoms with Crippen molar-refractivity contribution >= 4 is 11.6 Å². The number of benzene rings is 3. The summed E-state index contributed by atoms with van der Waals surface area (Å²) in [6.07, 6.45) is -0.714. The molecule has 0 aliphatic carbocycles. The molecule has 1 fully saturated rings. The maximum atomic E-state index is 10.9. The lowest BCUT2D eigenvalue weighted by atomic mass is 9.74. The molecule has 0 aromatic heterocycles. The summed E-state index contributed by atoms with van der Waals surface area (Å²) in [6, 6.07) is 27.9. The molecule has 0 bridgehead atoms. The second kappa shape index (κ2) is 7.58. The minimum Gasteiger partial charge on any atom is -0.390 e. The number of rotatable bonds is 5. The number of nitrogens with zero attached hydrogens (tertiary/aromatic N) is 1. The van der Waals surface area contributed by atoms with Crippen LogP contribution in [0, 0.1) is 0 Å². The number of hydrogen-bond donors (Lipinski definition) is 1. The lowest BCUT2D eigenvalue weighted by Crippen LogP contribution is -2.68. The van der Waals surface area contributed by atoms with Gasteiger partial charge in [-0.1, -0.05) is 84.4 Å². The Labute approximate surface area is 177 Å². The Kier molecular flexibility index (Phi) is 5.26. The van der Waals surface area contributed by atoms with Crippen molar-refractivity contribution < 1.29 is 9.94 Å². The zero-order valence-corrected chi connectivity index (χ0v) is 17.7. The van der Waals surface area contributed by atoms with E-state index in [4.69, 9.17) is 16.4 Å². The first-order chi connectivity index (χ1) is 13.9. The van der Waals surface area contributed by atoms with Crippen molar-refractivity contribution in [3.63, 3.8) is 0 Å². The van der Waals surface area contributed by atoms with Gasteiger partial charge in [-0.05, 0) is 49.6 Å². The Morgan fingerprint density at radius 3 is 2.03 bits per heavy atom. The van der Waals surface area contributed by atoms with Gasteiger partial charge in [0.15, 0.2) is 5.60 Å². The molecule has 1 aliphatic rings. The molecule has 3 aromatic rings. The van der Waals surface area contributed by atoms with Crippen LogP contribution in [0.3, 0.4) is 0 Å². The van der Waals surface area contributed by atoms with Gasteiger partial charge in [0, 0.05) is 5.02 Å². The van der Waals surface area contributed by atoms with E-state index in [1.165, 1.54) is 0 Å². The first-order valence-corrected chi connectivity index (χ1v) is 10.3. The maximum absolute atomic E-state index is 10.9. The van der Waals surface area contributed by atoms with Crippen molar-refractivity contribution in [2.45, 2.75) is 44.1 Å². The molecular formula is C25H26ClNO2. The summed E-state index contributed by atoms with van der Waals surface area (Å²) < 4.78 is 0. The highest BCUT2D eigenvalue weighted by Gasteiger charge is 2.63. The standard InChI is InChI=1S/C25H26ClNO2/c1-18(28)25(21-12-8-5-9-13-21)23(19-14-16-22(26)17-15-19)27(29-25)24(2,3)20-10-6-4-7-11-20/h4-18,23,28H,1-3H3/t18-,23-,25+/m0/s1. The molecule has 0 spiro atoms. The van der Waals surface area contributed by atoms with Gasteiger partial charge in [-0.25, -0.2) is 0 Å². The van der Waals surface area contributed by atoms with Gasteiger partial charge >= 0.3 is 0 Å². The number of hydrogen-bond acceptors (Lipinski definition) is 3. The van der Waals surface area contributed by atoms with Crippen LogP contribution in [0.1, 0.15) is 43.5 Å². The first kappa shape index (κ1) is 20.1. The van der Waals surface area contributed by atoms with Gasteiger partial charge < -0.3 is 5.11 Å². The number of aliphatic hydroxyl groups is 1. The van der Waals surface area contributed by atoms with Crippen molar-refractivity contribution in [3.8, 4) is 0 Å². The molecular weight excluding hydrogens is 382 g/mol. The van der Waals surface area contributed by atoms with E-state index in [0.29, 0.717) is 5.02 Å². The zero-order valence-electron chi connectivity index (χ0n) is 16.9. The monoisotopic (exact) mass is 407 g/mol. The van der Waals surface area contributed by atoms with E-state index in [-0.39, 0.29) is 6.04 Å². The highest BCUT2D eigenvalue weighted by Crippen LogP contribution is 2.58. The molecule has 1 aliphatic heterocycles. The predicted octanol–water partition coefficient (Wildman–Crippen LogP) is 5.84. The maximum Gasteiger partial charge on any atom is 0.162 e. The second-order valence-corrected chi connectivity index (χ2v) is 8.57. The van der Waals surface area contributed by atoms with Crippen LogP contribution < -0.4 is 0 Å². The van der Waals surface area contributed by atoms with Gasteiger partial charge in [0.1, 0.15) is 0 Å². The quantitative estimate of drug-likeness (QED) is 0.576. The molecule has 4 rings (SSSR count). The molecule has 29 heavy (non-hydrogen) atoms. The Morgan fingerprint density at radius 2 is 1.48 bits per heavy atom. The van der Waals surface area contributed by atoms with Crippen LogP contribution >= 0.6 is 11.6 Å². The molecule has 1 N–H and O–H groups in total. The average Bonchev–Trinajstić information content (AvgIpc) is 2.70. The minimum absolute atomic E-state index is 0.183. The van der Waals surface area contributed by atoms with Gasteiger partial charge in [-0.2, -0.15) is 5.06 Å². The Bertz CT molecular complexity index is 957. The lowest BCUT2D eigenvalue weighted by Gasteiger charge is -2.62. The summed E-state index contributed by atoms with van der Waals surface area (Å²) in [7, 11) is 0. The van der Waals surface area contributed by atoms with Gasteiger partial charge in [0.25, 0.3) is 0 Å². The molecule has 0 unspecified atom stereocenters. The van der Waals surface area contributed by atoms with E-state index in [9.17, 15) is 5.11 Å². The van der Waals surface area contributed by atoms with E-state index in [2.05, 4.69) is 26.0 Å². The van der Waals surface area contributed by atoms with Gasteiger partial charge in [0.2, 0.25) is 0 Å². The smallest absolute Gasteiger partial charge is 0.162 e. The second-order valence-electron chi connectivity index (χ2n) is 8.13. The number of halogens is 1. The Morgan fingerprint density at radius 1 is 0.931 bits per heavy atom. The van der Waals surface area contributed by atoms with Gasteiger partial charge in [-0.3, -0.25) is 4.84 Å². The van der Waals surface area contributed by atoms with Gasteiger partial charge in [0.05, 0.1) is 17.7 Å². The van der Waals surface area contributed by atoms with Crippen molar-refractivity contribution in [2.75, 3.05) is 0 Å². The normalized spacial score (nSPS) is 23.4. The molecule has 0 radical (unpaired) electrons. The third-order valence-corrected chi connectivity index (χ3v) is 6.20. The molecule has 0 saturated carbocycles. The van der Waals surface area contributed by atoms with Crippen molar-refractivity contribution in [1.82, 2.24) is 5.06 Å². The van der Waals surface area contributed by atoms with Crippen LogP contribution in [0.15, 0.2) is 84.9 Å². The molecule has 3 nitrogen and oxygen atoms in total. The van der Waals surface area contributed by atoms with Crippen LogP contribution in [-0.4, -0.2) is 16.3 Å². The van der Waals surface area contributed by atoms with Crippen LogP contribution in [0.25, 0.3) is 0 Å². The van der Waals surface area contributed by atoms with Crippen molar-refractivity contribution in [3.05, 3.63) is 107 Å².